The van der Waals surface area contributed by atoms with Crippen LogP contribution in [-0.4, -0.2) is 35.0 Å². The minimum Gasteiger partial charge on any atom is -0.356 e. The summed E-state index contributed by atoms with van der Waals surface area (Å²) in [7, 11) is 0. The molecule has 1 saturated heterocycles. The van der Waals surface area contributed by atoms with E-state index in [1.807, 2.05) is 0 Å². The van der Waals surface area contributed by atoms with E-state index in [4.69, 9.17) is 0 Å². The number of benzene rings is 1. The lowest BCUT2D eigenvalue weighted by Crippen LogP contribution is -2.32. The Kier molecular flexibility index (Phi) is 4.59. The second kappa shape index (κ2) is 7.06. The van der Waals surface area contributed by atoms with Gasteiger partial charge in [0.15, 0.2) is 0 Å². The molecule has 1 aromatic carbocycles. The topological polar surface area (TPSA) is 92.2 Å². The van der Waals surface area contributed by atoms with E-state index in [0.29, 0.717) is 13.0 Å². The van der Waals surface area contributed by atoms with Gasteiger partial charge in [-0.2, -0.15) is 0 Å². The lowest BCUT2D eigenvalue weighted by atomic mass is 10.0. The van der Waals surface area contributed by atoms with Crippen molar-refractivity contribution in [2.45, 2.75) is 51.6 Å². The Morgan fingerprint density at radius 1 is 1.33 bits per heavy atom. The molecule has 2 aromatic rings. The second-order valence-corrected chi connectivity index (χ2v) is 7.29. The van der Waals surface area contributed by atoms with Gasteiger partial charge in [0.25, 0.3) is 5.91 Å². The molecule has 3 N–H and O–H groups in total. The van der Waals surface area contributed by atoms with Gasteiger partial charge in [0.05, 0.1) is 5.52 Å². The van der Waals surface area contributed by atoms with E-state index in [-0.39, 0.29) is 18.2 Å². The number of para-hydroxylation sites is 1. The van der Waals surface area contributed by atoms with Gasteiger partial charge in [-0.05, 0) is 43.7 Å². The van der Waals surface area contributed by atoms with Crippen LogP contribution in [0.25, 0.3) is 10.9 Å². The maximum absolute atomic E-state index is 12.1. The number of imide groups is 1. The molecule has 4 rings (SSSR count). The molecule has 2 aliphatic rings. The number of nitrogens with one attached hydrogen (secondary N) is 3. The van der Waals surface area contributed by atoms with Crippen LogP contribution in [0.15, 0.2) is 18.2 Å². The third kappa shape index (κ3) is 3.29. The maximum Gasteiger partial charge on any atom is 0.322 e. The largest absolute Gasteiger partial charge is 0.356 e. The van der Waals surface area contributed by atoms with Crippen LogP contribution < -0.4 is 16.0 Å². The van der Waals surface area contributed by atoms with Gasteiger partial charge < -0.3 is 15.2 Å². The van der Waals surface area contributed by atoms with Crippen molar-refractivity contribution in [1.82, 2.24) is 20.5 Å². The van der Waals surface area contributed by atoms with Crippen LogP contribution in [-0.2, 0) is 29.0 Å². The van der Waals surface area contributed by atoms with Crippen molar-refractivity contribution in [1.29, 1.82) is 0 Å². The summed E-state index contributed by atoms with van der Waals surface area (Å²) in [6.07, 6.45) is 3.60. The average Bonchev–Trinajstić information content (AvgIpc) is 3.12. The van der Waals surface area contributed by atoms with Gasteiger partial charge in [0, 0.05) is 30.6 Å². The molecule has 0 unspecified atom stereocenters. The van der Waals surface area contributed by atoms with Crippen LogP contribution in [0.3, 0.4) is 0 Å². The molecule has 3 heterocycles. The number of carbonyl (C=O) groups excluding carboxylic acids is 3. The minimum absolute atomic E-state index is 0.102. The van der Waals surface area contributed by atoms with E-state index in [0.717, 1.165) is 19.4 Å². The van der Waals surface area contributed by atoms with E-state index in [1.165, 1.54) is 34.1 Å². The Hall–Kier alpha value is -2.83. The van der Waals surface area contributed by atoms with Crippen LogP contribution >= 0.6 is 0 Å². The summed E-state index contributed by atoms with van der Waals surface area (Å²) in [5.41, 5.74) is 5.35. The predicted octanol–water partition coefficient (Wildman–Crippen LogP) is 1.54. The first kappa shape index (κ1) is 17.6. The van der Waals surface area contributed by atoms with E-state index in [9.17, 15) is 14.4 Å². The highest BCUT2D eigenvalue weighted by atomic mass is 16.2. The maximum atomic E-state index is 12.1. The fourth-order valence-electron chi connectivity index (χ4n) is 4.26. The Bertz CT molecular complexity index is 931. The fraction of sp³-hybridized carbons (Fsp3) is 0.450. The highest BCUT2D eigenvalue weighted by molar-refractivity contribution is 6.04. The number of carbonyl (C=O) groups is 3. The van der Waals surface area contributed by atoms with Gasteiger partial charge in [0.2, 0.25) is 5.91 Å². The predicted molar refractivity (Wildman–Crippen MR) is 101 cm³/mol. The van der Waals surface area contributed by atoms with Crippen molar-refractivity contribution in [3.05, 3.63) is 35.0 Å². The Morgan fingerprint density at radius 3 is 2.96 bits per heavy atom. The number of rotatable bonds is 6. The number of hydrogen-bond acceptors (Lipinski definition) is 3. The Morgan fingerprint density at radius 2 is 2.19 bits per heavy atom. The fourth-order valence-corrected chi connectivity index (χ4v) is 4.26. The number of urea groups is 1. The summed E-state index contributed by atoms with van der Waals surface area (Å²) in [6.45, 7) is 3.78. The molecule has 27 heavy (non-hydrogen) atoms. The first-order valence-corrected chi connectivity index (χ1v) is 9.52. The van der Waals surface area contributed by atoms with E-state index in [1.54, 1.807) is 0 Å². The van der Waals surface area contributed by atoms with E-state index < -0.39 is 12.1 Å². The Labute approximate surface area is 157 Å². The van der Waals surface area contributed by atoms with E-state index >= 15 is 0 Å². The Balaban J connectivity index is 1.35. The SMILES string of the molecule is Cc1c(CCNC(=O)CC[C@@H]2NC(=O)NC2=O)c2cccc3c2n1CCC3. The molecule has 7 heteroatoms. The summed E-state index contributed by atoms with van der Waals surface area (Å²) in [5, 5.41) is 8.91. The first-order chi connectivity index (χ1) is 13.0. The molecule has 0 radical (unpaired) electrons. The standard InChI is InChI=1S/C20H24N4O3/c1-12-14(15-6-2-4-13-5-3-11-24(12)18(13)15)9-10-21-17(25)8-7-16-19(26)23-20(27)22-16/h2,4,6,16H,3,5,7-11H2,1H3,(H,21,25)(H2,22,23,26,27)/t16-/m0/s1. The number of aromatic nitrogens is 1. The van der Waals surface area contributed by atoms with Crippen molar-refractivity contribution < 1.29 is 14.4 Å². The van der Waals surface area contributed by atoms with Crippen LogP contribution in [0, 0.1) is 6.92 Å². The molecule has 0 aliphatic carbocycles. The lowest BCUT2D eigenvalue weighted by molar-refractivity contribution is -0.122. The van der Waals surface area contributed by atoms with Crippen LogP contribution in [0.4, 0.5) is 4.79 Å². The molecular weight excluding hydrogens is 344 g/mol. The normalized spacial score (nSPS) is 18.5. The van der Waals surface area contributed by atoms with Crippen molar-refractivity contribution in [3.63, 3.8) is 0 Å². The molecule has 142 valence electrons. The zero-order valence-electron chi connectivity index (χ0n) is 15.4. The third-order valence-electron chi connectivity index (χ3n) is 5.60. The molecular formula is C20H24N4O3. The number of nitrogens with zero attached hydrogens (tertiary/aromatic N) is 1. The first-order valence-electron chi connectivity index (χ1n) is 9.52. The van der Waals surface area contributed by atoms with Crippen molar-refractivity contribution >= 4 is 28.7 Å². The average molecular weight is 368 g/mol. The number of aryl methyl sites for hydroxylation is 2. The van der Waals surface area contributed by atoms with Crippen LogP contribution in [0.2, 0.25) is 0 Å². The van der Waals surface area contributed by atoms with Crippen molar-refractivity contribution in [2.75, 3.05) is 6.54 Å². The lowest BCUT2D eigenvalue weighted by Gasteiger charge is -2.16. The summed E-state index contributed by atoms with van der Waals surface area (Å²) < 4.78 is 2.41. The number of hydrogen-bond donors (Lipinski definition) is 3. The smallest absolute Gasteiger partial charge is 0.322 e. The van der Waals surface area contributed by atoms with Crippen LogP contribution in [0.5, 0.6) is 0 Å². The van der Waals surface area contributed by atoms with Gasteiger partial charge in [-0.1, -0.05) is 18.2 Å². The summed E-state index contributed by atoms with van der Waals surface area (Å²) >= 11 is 0. The second-order valence-electron chi connectivity index (χ2n) is 7.29. The molecule has 1 atom stereocenters. The zero-order chi connectivity index (χ0) is 19.0. The van der Waals surface area contributed by atoms with Gasteiger partial charge >= 0.3 is 6.03 Å². The van der Waals surface area contributed by atoms with Crippen molar-refractivity contribution in [2.24, 2.45) is 0 Å². The quantitative estimate of drug-likeness (QED) is 0.676. The summed E-state index contributed by atoms with van der Waals surface area (Å²) in [5.74, 6) is -0.465. The number of amides is 4. The monoisotopic (exact) mass is 368 g/mol. The van der Waals surface area contributed by atoms with Crippen molar-refractivity contribution in [3.8, 4) is 0 Å². The zero-order valence-corrected chi connectivity index (χ0v) is 15.4. The molecule has 0 bridgehead atoms. The van der Waals surface area contributed by atoms with Crippen LogP contribution in [0.1, 0.15) is 36.1 Å². The van der Waals surface area contributed by atoms with Gasteiger partial charge in [-0.15, -0.1) is 0 Å². The molecule has 1 fully saturated rings. The molecule has 2 aliphatic heterocycles. The summed E-state index contributed by atoms with van der Waals surface area (Å²) in [6, 6.07) is 5.40. The minimum atomic E-state index is -0.608. The molecule has 1 aromatic heterocycles. The van der Waals surface area contributed by atoms with Gasteiger partial charge in [0.1, 0.15) is 6.04 Å². The molecule has 4 amide bonds. The van der Waals surface area contributed by atoms with Gasteiger partial charge in [-0.25, -0.2) is 4.79 Å². The van der Waals surface area contributed by atoms with Gasteiger partial charge in [-0.3, -0.25) is 14.9 Å². The highest BCUT2D eigenvalue weighted by Gasteiger charge is 2.29. The highest BCUT2D eigenvalue weighted by Crippen LogP contribution is 2.32. The van der Waals surface area contributed by atoms with E-state index in [2.05, 4.69) is 45.6 Å². The molecule has 7 nitrogen and oxygen atoms in total. The summed E-state index contributed by atoms with van der Waals surface area (Å²) in [4.78, 5) is 34.7. The third-order valence-corrected chi connectivity index (χ3v) is 5.60. The molecule has 0 saturated carbocycles. The molecule has 0 spiro atoms.